The van der Waals surface area contributed by atoms with Crippen LogP contribution in [0.15, 0.2) is 48.5 Å². The number of carbonyl (C=O) groups is 2. The number of nitrogens with zero attached hydrogens (tertiary/aromatic N) is 2. The van der Waals surface area contributed by atoms with Gasteiger partial charge in [-0.3, -0.25) is 4.79 Å². The molecule has 0 aliphatic carbocycles. The van der Waals surface area contributed by atoms with Crippen LogP contribution in [-0.2, 0) is 4.79 Å². The number of likely N-dealkylation sites (N-methyl/N-ethyl adjacent to an activating group) is 1. The quantitative estimate of drug-likeness (QED) is 0.703. The third kappa shape index (κ3) is 5.31. The number of hydrogen-bond acceptors (Lipinski definition) is 4. The van der Waals surface area contributed by atoms with E-state index < -0.39 is 11.9 Å². The van der Waals surface area contributed by atoms with Crippen LogP contribution < -0.4 is 10.1 Å². The summed E-state index contributed by atoms with van der Waals surface area (Å²) in [5.41, 5.74) is 1.00. The second-order valence-electron chi connectivity index (χ2n) is 8.58. The molecule has 0 spiro atoms. The second-order valence-corrected chi connectivity index (χ2v) is 9.01. The van der Waals surface area contributed by atoms with E-state index in [1.807, 2.05) is 36.1 Å². The van der Waals surface area contributed by atoms with Crippen molar-refractivity contribution in [1.29, 1.82) is 0 Å². The highest BCUT2D eigenvalue weighted by Crippen LogP contribution is 2.34. The molecule has 2 aromatic rings. The number of halogens is 2. The fraction of sp³-hybridized carbons (Fsp3) is 0.440. The third-order valence-electron chi connectivity index (χ3n) is 6.60. The van der Waals surface area contributed by atoms with Crippen molar-refractivity contribution >= 4 is 23.6 Å². The summed E-state index contributed by atoms with van der Waals surface area (Å²) >= 11 is 6.09. The molecule has 2 aliphatic rings. The Kier molecular flexibility index (Phi) is 7.50. The van der Waals surface area contributed by atoms with Crippen LogP contribution in [0.25, 0.3) is 0 Å². The number of nitrogens with one attached hydrogen (secondary N) is 1. The molecule has 33 heavy (non-hydrogen) atoms. The fourth-order valence-electron chi connectivity index (χ4n) is 4.83. The Morgan fingerprint density at radius 3 is 2.48 bits per heavy atom. The largest absolute Gasteiger partial charge is 0.415 e. The van der Waals surface area contributed by atoms with Gasteiger partial charge in [-0.15, -0.1) is 0 Å². The van der Waals surface area contributed by atoms with Crippen LogP contribution in [0.1, 0.15) is 31.2 Å². The Morgan fingerprint density at radius 2 is 1.82 bits per heavy atom. The Balaban J connectivity index is 1.58. The summed E-state index contributed by atoms with van der Waals surface area (Å²) in [6.07, 6.45) is 1.01. The average molecular weight is 474 g/mol. The van der Waals surface area contributed by atoms with Crippen LogP contribution in [0.5, 0.6) is 5.75 Å². The lowest BCUT2D eigenvalue weighted by Crippen LogP contribution is -2.46. The first-order valence-electron chi connectivity index (χ1n) is 11.5. The summed E-state index contributed by atoms with van der Waals surface area (Å²) < 4.78 is 19.5. The zero-order valence-corrected chi connectivity index (χ0v) is 19.4. The van der Waals surface area contributed by atoms with Gasteiger partial charge in [0, 0.05) is 36.5 Å². The van der Waals surface area contributed by atoms with Crippen molar-refractivity contribution < 1.29 is 18.7 Å². The highest BCUT2D eigenvalue weighted by Gasteiger charge is 2.43. The first kappa shape index (κ1) is 23.5. The predicted octanol–water partition coefficient (Wildman–Crippen LogP) is 4.29. The van der Waals surface area contributed by atoms with Gasteiger partial charge in [-0.1, -0.05) is 35.9 Å². The summed E-state index contributed by atoms with van der Waals surface area (Å²) in [6.45, 7) is 4.83. The molecule has 8 heteroatoms. The van der Waals surface area contributed by atoms with Gasteiger partial charge in [-0.2, -0.15) is 0 Å². The molecule has 2 fully saturated rings. The van der Waals surface area contributed by atoms with Crippen molar-refractivity contribution in [1.82, 2.24) is 15.1 Å². The van der Waals surface area contributed by atoms with Gasteiger partial charge in [0.2, 0.25) is 5.91 Å². The van der Waals surface area contributed by atoms with Gasteiger partial charge in [0.05, 0.1) is 6.04 Å². The molecule has 1 N–H and O–H groups in total. The lowest BCUT2D eigenvalue weighted by molar-refractivity contribution is -0.135. The van der Waals surface area contributed by atoms with E-state index in [2.05, 4.69) is 5.32 Å². The molecule has 2 amide bonds. The van der Waals surface area contributed by atoms with Gasteiger partial charge in [-0.05, 0) is 62.7 Å². The number of amides is 2. The van der Waals surface area contributed by atoms with Gasteiger partial charge in [0.1, 0.15) is 0 Å². The number of likely N-dealkylation sites (tertiary alicyclic amines) is 1. The predicted molar refractivity (Wildman–Crippen MR) is 125 cm³/mol. The minimum Gasteiger partial charge on any atom is -0.407 e. The zero-order chi connectivity index (χ0) is 23.4. The van der Waals surface area contributed by atoms with Gasteiger partial charge in [0.25, 0.3) is 0 Å². The Bertz CT molecular complexity index is 981. The van der Waals surface area contributed by atoms with Crippen molar-refractivity contribution in [2.75, 3.05) is 32.7 Å². The molecule has 2 unspecified atom stereocenters. The van der Waals surface area contributed by atoms with E-state index in [1.54, 1.807) is 17.0 Å². The number of ether oxygens (including phenoxy) is 1. The van der Waals surface area contributed by atoms with E-state index in [1.165, 1.54) is 12.1 Å². The van der Waals surface area contributed by atoms with E-state index in [9.17, 15) is 14.0 Å². The highest BCUT2D eigenvalue weighted by molar-refractivity contribution is 6.30. The molecule has 0 radical (unpaired) electrons. The minimum absolute atomic E-state index is 0.00342. The number of piperidine rings is 1. The van der Waals surface area contributed by atoms with Gasteiger partial charge < -0.3 is 19.9 Å². The van der Waals surface area contributed by atoms with E-state index in [0.717, 1.165) is 31.5 Å². The van der Waals surface area contributed by atoms with E-state index in [0.29, 0.717) is 24.7 Å². The van der Waals surface area contributed by atoms with Gasteiger partial charge >= 0.3 is 6.09 Å². The van der Waals surface area contributed by atoms with Crippen LogP contribution in [0, 0.1) is 11.7 Å². The maximum Gasteiger partial charge on any atom is 0.415 e. The molecule has 0 saturated carbocycles. The maximum absolute atomic E-state index is 14.1. The summed E-state index contributed by atoms with van der Waals surface area (Å²) in [6, 6.07) is 13.1. The fourth-order valence-corrected chi connectivity index (χ4v) is 4.95. The lowest BCUT2D eigenvalue weighted by Gasteiger charge is -2.31. The summed E-state index contributed by atoms with van der Waals surface area (Å²) in [4.78, 5) is 29.9. The van der Waals surface area contributed by atoms with Crippen molar-refractivity contribution in [3.05, 3.63) is 64.9 Å². The Labute approximate surface area is 198 Å². The smallest absolute Gasteiger partial charge is 0.407 e. The van der Waals surface area contributed by atoms with Crippen molar-refractivity contribution in [2.24, 2.45) is 5.92 Å². The SMILES string of the molecule is CCN(C(=O)Oc1ccccc1F)C1CN(C(=O)C2CCNCC2)CC1c1ccc(Cl)cc1. The summed E-state index contributed by atoms with van der Waals surface area (Å²) in [5.74, 6) is -0.663. The zero-order valence-electron chi connectivity index (χ0n) is 18.7. The normalized spacial score (nSPS) is 21.1. The Hall–Kier alpha value is -2.64. The Morgan fingerprint density at radius 1 is 1.12 bits per heavy atom. The molecular weight excluding hydrogens is 445 g/mol. The summed E-state index contributed by atoms with van der Waals surface area (Å²) in [5, 5.41) is 3.92. The number of para-hydroxylation sites is 1. The van der Waals surface area contributed by atoms with Crippen LogP contribution in [0.3, 0.4) is 0 Å². The van der Waals surface area contributed by atoms with Gasteiger partial charge in [-0.25, -0.2) is 9.18 Å². The molecule has 2 saturated heterocycles. The molecule has 0 bridgehead atoms. The standard InChI is InChI=1S/C25H29ClFN3O3/c1-2-30(25(32)33-23-6-4-3-5-21(23)27)22-16-29(24(31)18-11-13-28-14-12-18)15-20(22)17-7-9-19(26)10-8-17/h3-10,18,20,22,28H,2,11-16H2,1H3. The van der Waals surface area contributed by atoms with Crippen LogP contribution >= 0.6 is 11.6 Å². The molecule has 2 aliphatic heterocycles. The average Bonchev–Trinajstić information content (AvgIpc) is 3.26. The third-order valence-corrected chi connectivity index (χ3v) is 6.85. The molecule has 2 atom stereocenters. The molecule has 2 heterocycles. The molecule has 4 rings (SSSR count). The topological polar surface area (TPSA) is 61.9 Å². The van der Waals surface area contributed by atoms with Crippen LogP contribution in [0.2, 0.25) is 5.02 Å². The molecule has 6 nitrogen and oxygen atoms in total. The number of benzene rings is 2. The number of rotatable bonds is 5. The van der Waals surface area contributed by atoms with E-state index >= 15 is 0 Å². The van der Waals surface area contributed by atoms with Crippen molar-refractivity contribution in [3.63, 3.8) is 0 Å². The first-order valence-corrected chi connectivity index (χ1v) is 11.8. The van der Waals surface area contributed by atoms with Crippen LogP contribution in [-0.4, -0.2) is 60.6 Å². The molecule has 0 aromatic heterocycles. The molecule has 2 aromatic carbocycles. The molecular formula is C25H29ClFN3O3. The minimum atomic E-state index is -0.622. The van der Waals surface area contributed by atoms with Gasteiger partial charge in [0.15, 0.2) is 11.6 Å². The second kappa shape index (κ2) is 10.5. The number of hydrogen-bond donors (Lipinski definition) is 1. The van der Waals surface area contributed by atoms with Crippen LogP contribution in [0.4, 0.5) is 9.18 Å². The van der Waals surface area contributed by atoms with E-state index in [4.69, 9.17) is 16.3 Å². The summed E-state index contributed by atoms with van der Waals surface area (Å²) in [7, 11) is 0. The lowest BCUT2D eigenvalue weighted by atomic mass is 9.93. The molecule has 176 valence electrons. The maximum atomic E-state index is 14.1. The van der Waals surface area contributed by atoms with Crippen molar-refractivity contribution in [3.8, 4) is 5.75 Å². The number of carbonyl (C=O) groups excluding carboxylic acids is 2. The van der Waals surface area contributed by atoms with Crippen molar-refractivity contribution in [2.45, 2.75) is 31.7 Å². The highest BCUT2D eigenvalue weighted by atomic mass is 35.5. The van der Waals surface area contributed by atoms with E-state index in [-0.39, 0.29) is 29.5 Å². The monoisotopic (exact) mass is 473 g/mol. The first-order chi connectivity index (χ1) is 16.0.